The zero-order chi connectivity index (χ0) is 19.7. The number of nitrogens with zero attached hydrogens (tertiary/aromatic N) is 2. The molecule has 2 aliphatic rings. The van der Waals surface area contributed by atoms with Crippen LogP contribution in [-0.2, 0) is 14.8 Å². The van der Waals surface area contributed by atoms with E-state index in [1.165, 1.54) is 15.3 Å². The van der Waals surface area contributed by atoms with Crippen LogP contribution < -0.4 is 5.32 Å². The van der Waals surface area contributed by atoms with Crippen molar-refractivity contribution < 1.29 is 23.1 Å². The van der Waals surface area contributed by atoms with Gasteiger partial charge in [-0.1, -0.05) is 18.6 Å². The maximum Gasteiger partial charge on any atom is 0.321 e. The van der Waals surface area contributed by atoms with Crippen molar-refractivity contribution in [2.45, 2.75) is 37.5 Å². The van der Waals surface area contributed by atoms with Gasteiger partial charge in [-0.2, -0.15) is 4.31 Å². The van der Waals surface area contributed by atoms with E-state index in [1.807, 2.05) is 0 Å². The van der Waals surface area contributed by atoms with E-state index in [0.717, 1.165) is 19.3 Å². The van der Waals surface area contributed by atoms with Crippen LogP contribution in [0.3, 0.4) is 0 Å². The lowest BCUT2D eigenvalue weighted by Crippen LogP contribution is -2.38. The van der Waals surface area contributed by atoms with Crippen molar-refractivity contribution in [3.8, 4) is 0 Å². The number of piperidine rings is 1. The number of carboxylic acids is 1. The number of benzene rings is 1. The van der Waals surface area contributed by atoms with Gasteiger partial charge in [-0.15, -0.1) is 0 Å². The molecule has 1 aromatic rings. The second-order valence-electron chi connectivity index (χ2n) is 7.43. The van der Waals surface area contributed by atoms with Gasteiger partial charge in [-0.25, -0.2) is 13.2 Å². The van der Waals surface area contributed by atoms with Crippen LogP contribution in [0.4, 0.5) is 10.5 Å². The highest BCUT2D eigenvalue weighted by atomic mass is 32.2. The van der Waals surface area contributed by atoms with E-state index < -0.39 is 27.4 Å². The third kappa shape index (κ3) is 3.93. The largest absolute Gasteiger partial charge is 0.481 e. The zero-order valence-electron chi connectivity index (χ0n) is 15.3. The van der Waals surface area contributed by atoms with E-state index >= 15 is 0 Å². The quantitative estimate of drug-likeness (QED) is 0.813. The average molecular weight is 395 g/mol. The molecule has 1 unspecified atom stereocenters. The number of para-hydroxylation sites is 1. The van der Waals surface area contributed by atoms with Gasteiger partial charge >= 0.3 is 12.0 Å². The fourth-order valence-corrected chi connectivity index (χ4v) is 5.21. The van der Waals surface area contributed by atoms with Gasteiger partial charge in [-0.3, -0.25) is 4.79 Å². The lowest BCUT2D eigenvalue weighted by Gasteiger charge is -2.27. The number of anilines is 1. The topological polar surface area (TPSA) is 107 Å². The van der Waals surface area contributed by atoms with Gasteiger partial charge in [0, 0.05) is 26.2 Å². The van der Waals surface area contributed by atoms with Crippen LogP contribution in [0.25, 0.3) is 0 Å². The molecule has 0 bridgehead atoms. The SMILES string of the molecule is CC1(C(=O)O)CCN(C(=O)Nc2ccccc2S(=O)(=O)N2CCCCC2)C1. The predicted molar refractivity (Wildman–Crippen MR) is 100 cm³/mol. The Morgan fingerprint density at radius 1 is 1.11 bits per heavy atom. The van der Waals surface area contributed by atoms with Crippen molar-refractivity contribution >= 4 is 27.7 Å². The Morgan fingerprint density at radius 3 is 2.41 bits per heavy atom. The van der Waals surface area contributed by atoms with E-state index in [-0.39, 0.29) is 17.1 Å². The molecule has 148 valence electrons. The Bertz CT molecular complexity index is 835. The molecule has 2 fully saturated rings. The van der Waals surface area contributed by atoms with E-state index in [9.17, 15) is 23.1 Å². The molecular formula is C18H25N3O5S. The van der Waals surface area contributed by atoms with Gasteiger partial charge in [-0.05, 0) is 38.3 Å². The Morgan fingerprint density at radius 2 is 1.78 bits per heavy atom. The standard InChI is InChI=1S/C18H25N3O5S/c1-18(16(22)23)9-12-20(13-18)17(24)19-14-7-3-4-8-15(14)27(25,26)21-10-5-2-6-11-21/h3-4,7-8H,2,5-6,9-13H2,1H3,(H,19,24)(H,22,23). The summed E-state index contributed by atoms with van der Waals surface area (Å²) in [5.74, 6) is -0.939. The number of aliphatic carboxylic acids is 1. The molecule has 0 aliphatic carbocycles. The van der Waals surface area contributed by atoms with Crippen LogP contribution >= 0.6 is 0 Å². The van der Waals surface area contributed by atoms with Gasteiger partial charge < -0.3 is 15.3 Å². The third-order valence-electron chi connectivity index (χ3n) is 5.34. The highest BCUT2D eigenvalue weighted by Gasteiger charge is 2.42. The first-order chi connectivity index (χ1) is 12.7. The van der Waals surface area contributed by atoms with Crippen molar-refractivity contribution in [3.05, 3.63) is 24.3 Å². The van der Waals surface area contributed by atoms with Crippen LogP contribution in [0.2, 0.25) is 0 Å². The number of carbonyl (C=O) groups excluding carboxylic acids is 1. The van der Waals surface area contributed by atoms with Crippen LogP contribution in [0.1, 0.15) is 32.6 Å². The third-order valence-corrected chi connectivity index (χ3v) is 7.30. The molecule has 2 N–H and O–H groups in total. The summed E-state index contributed by atoms with van der Waals surface area (Å²) in [7, 11) is -3.69. The van der Waals surface area contributed by atoms with Crippen LogP contribution in [-0.4, -0.2) is 60.9 Å². The summed E-state index contributed by atoms with van der Waals surface area (Å²) < 4.78 is 27.4. The van der Waals surface area contributed by atoms with Crippen molar-refractivity contribution in [2.75, 3.05) is 31.5 Å². The molecule has 2 aliphatic heterocycles. The highest BCUT2D eigenvalue weighted by Crippen LogP contribution is 2.31. The first kappa shape index (κ1) is 19.6. The summed E-state index contributed by atoms with van der Waals surface area (Å²) in [5, 5.41) is 12.0. The van der Waals surface area contributed by atoms with Crippen LogP contribution in [0.5, 0.6) is 0 Å². The van der Waals surface area contributed by atoms with Gasteiger partial charge in [0.2, 0.25) is 10.0 Å². The van der Waals surface area contributed by atoms with Crippen molar-refractivity contribution in [1.29, 1.82) is 0 Å². The van der Waals surface area contributed by atoms with E-state index in [1.54, 1.807) is 25.1 Å². The maximum atomic E-state index is 13.0. The summed E-state index contributed by atoms with van der Waals surface area (Å²) in [6.45, 7) is 2.98. The summed E-state index contributed by atoms with van der Waals surface area (Å²) >= 11 is 0. The number of carbonyl (C=O) groups is 2. The molecule has 0 aromatic heterocycles. The molecule has 9 heteroatoms. The van der Waals surface area contributed by atoms with Crippen LogP contribution in [0.15, 0.2) is 29.2 Å². The lowest BCUT2D eigenvalue weighted by atomic mass is 9.90. The summed E-state index contributed by atoms with van der Waals surface area (Å²) in [4.78, 5) is 25.4. The lowest BCUT2D eigenvalue weighted by molar-refractivity contribution is -0.146. The molecule has 3 rings (SSSR count). The summed E-state index contributed by atoms with van der Waals surface area (Å²) in [6, 6.07) is 5.85. The molecule has 8 nitrogen and oxygen atoms in total. The van der Waals surface area contributed by atoms with Gasteiger partial charge in [0.1, 0.15) is 4.90 Å². The maximum absolute atomic E-state index is 13.0. The second kappa shape index (κ2) is 7.47. The number of urea groups is 1. The number of rotatable bonds is 4. The van der Waals surface area contributed by atoms with Crippen LogP contribution in [0, 0.1) is 5.41 Å². The Labute approximate surface area is 159 Å². The van der Waals surface area contributed by atoms with Gasteiger partial charge in [0.15, 0.2) is 0 Å². The average Bonchev–Trinajstić information content (AvgIpc) is 3.07. The minimum absolute atomic E-state index is 0.0699. The monoisotopic (exact) mass is 395 g/mol. The molecule has 1 aromatic carbocycles. The fourth-order valence-electron chi connectivity index (χ4n) is 3.54. The van der Waals surface area contributed by atoms with E-state index in [4.69, 9.17) is 0 Å². The Balaban J connectivity index is 1.79. The molecule has 0 radical (unpaired) electrons. The minimum Gasteiger partial charge on any atom is -0.481 e. The van der Waals surface area contributed by atoms with Gasteiger partial charge in [0.05, 0.1) is 11.1 Å². The smallest absolute Gasteiger partial charge is 0.321 e. The summed E-state index contributed by atoms with van der Waals surface area (Å²) in [5.41, 5.74) is -0.756. The first-order valence-corrected chi connectivity index (χ1v) is 10.6. The second-order valence-corrected chi connectivity index (χ2v) is 9.33. The molecule has 2 heterocycles. The minimum atomic E-state index is -3.69. The number of likely N-dealkylation sites (tertiary alicyclic amines) is 1. The fraction of sp³-hybridized carbons (Fsp3) is 0.556. The van der Waals surface area contributed by atoms with E-state index in [2.05, 4.69) is 5.32 Å². The number of carboxylic acid groups (broad SMARTS) is 1. The van der Waals surface area contributed by atoms with Crippen molar-refractivity contribution in [2.24, 2.45) is 5.41 Å². The number of sulfonamides is 1. The predicted octanol–water partition coefficient (Wildman–Crippen LogP) is 2.19. The number of amides is 2. The van der Waals surface area contributed by atoms with Gasteiger partial charge in [0.25, 0.3) is 0 Å². The number of hydrogen-bond acceptors (Lipinski definition) is 4. The number of hydrogen-bond donors (Lipinski definition) is 2. The van der Waals surface area contributed by atoms with E-state index in [0.29, 0.717) is 26.1 Å². The molecule has 27 heavy (non-hydrogen) atoms. The van der Waals surface area contributed by atoms with Crippen molar-refractivity contribution in [1.82, 2.24) is 9.21 Å². The molecule has 1 atom stereocenters. The summed E-state index contributed by atoms with van der Waals surface area (Å²) in [6.07, 6.45) is 3.04. The normalized spacial score (nSPS) is 24.0. The molecule has 2 amide bonds. The molecule has 0 saturated carbocycles. The Hall–Kier alpha value is -2.13. The van der Waals surface area contributed by atoms with Crippen molar-refractivity contribution in [3.63, 3.8) is 0 Å². The first-order valence-electron chi connectivity index (χ1n) is 9.12. The molecule has 0 spiro atoms. The zero-order valence-corrected chi connectivity index (χ0v) is 16.2. The number of nitrogens with one attached hydrogen (secondary N) is 1. The molecule has 2 saturated heterocycles. The Kier molecular flexibility index (Phi) is 5.43. The molecular weight excluding hydrogens is 370 g/mol. The highest BCUT2D eigenvalue weighted by molar-refractivity contribution is 7.89.